The van der Waals surface area contributed by atoms with Crippen molar-refractivity contribution in [2.24, 2.45) is 0 Å². The number of fused-ring (bicyclic) bond motifs is 1. The van der Waals surface area contributed by atoms with Crippen molar-refractivity contribution in [1.82, 2.24) is 10.2 Å². The number of hydrogen-bond acceptors (Lipinski definition) is 6. The Hall–Kier alpha value is -2.25. The number of carbonyl (C=O) groups is 1. The maximum absolute atomic E-state index is 12.6. The van der Waals surface area contributed by atoms with Gasteiger partial charge in [-0.3, -0.25) is 9.36 Å². The van der Waals surface area contributed by atoms with Crippen molar-refractivity contribution in [3.63, 3.8) is 0 Å². The van der Waals surface area contributed by atoms with E-state index in [1.54, 1.807) is 0 Å². The molecule has 3 rings (SSSR count). The van der Waals surface area contributed by atoms with Crippen LogP contribution in [0.2, 0.25) is 0 Å². The molecule has 0 fully saturated rings. The average molecular weight is 560 g/mol. The Labute approximate surface area is 235 Å². The van der Waals surface area contributed by atoms with Gasteiger partial charge in [-0.1, -0.05) is 18.2 Å². The second-order valence-electron chi connectivity index (χ2n) is 10.4. The molecule has 1 N–H and O–H groups in total. The summed E-state index contributed by atoms with van der Waals surface area (Å²) in [4.78, 5) is 16.7. The molecule has 1 aromatic rings. The molecule has 0 atom stereocenters. The molecule has 1 aromatic carbocycles. The summed E-state index contributed by atoms with van der Waals surface area (Å²) < 4.78 is 25.7. The minimum Gasteiger partial charge on any atom is -0.371 e. The number of allylic oxidation sites excluding steroid dienone is 2. The highest BCUT2D eigenvalue weighted by atomic mass is 31.2. The standard InChI is InChI=1S/C30H47N4O4P/c1-5-37-39(36,38-6-2)24-8-18-33-20-14-26(15-21-33)10-11-27-12-13-29-28(25-27)9-7-19-34(29)22-16-30(35)31-17-23-32(3)4/h10-14,20,25H,5-9,15-19,21-24H2,1-4H3/p+1. The molecule has 0 unspecified atom stereocenters. The quantitative estimate of drug-likeness (QED) is 0.236. The lowest BCUT2D eigenvalue weighted by atomic mass is 9.98. The summed E-state index contributed by atoms with van der Waals surface area (Å²) in [5, 5.41) is 3.01. The van der Waals surface area contributed by atoms with E-state index in [0.29, 0.717) is 32.3 Å². The fourth-order valence-corrected chi connectivity index (χ4v) is 6.61. The molecule has 2 aliphatic heterocycles. The van der Waals surface area contributed by atoms with Crippen LogP contribution in [0.3, 0.4) is 0 Å². The summed E-state index contributed by atoms with van der Waals surface area (Å²) in [6.07, 6.45) is 13.7. The number of likely N-dealkylation sites (N-methyl/N-ethyl adjacent to an activating group) is 1. The average Bonchev–Trinajstić information content (AvgIpc) is 2.91. The van der Waals surface area contributed by atoms with Crippen molar-refractivity contribution in [2.75, 3.05) is 77.6 Å². The molecular formula is C30H48N4O4P+. The number of nitrogens with one attached hydrogen (secondary N) is 1. The van der Waals surface area contributed by atoms with Gasteiger partial charge in [0.05, 0.1) is 19.4 Å². The Balaban J connectivity index is 1.50. The molecule has 0 spiro atoms. The molecular weight excluding hydrogens is 511 g/mol. The number of rotatable bonds is 16. The highest BCUT2D eigenvalue weighted by molar-refractivity contribution is 7.53. The van der Waals surface area contributed by atoms with Crippen molar-refractivity contribution in [3.8, 4) is 0 Å². The van der Waals surface area contributed by atoms with Crippen LogP contribution in [0, 0.1) is 0 Å². The second kappa shape index (κ2) is 16.1. The van der Waals surface area contributed by atoms with E-state index in [2.05, 4.69) is 62.3 Å². The molecule has 2 aliphatic rings. The van der Waals surface area contributed by atoms with Gasteiger partial charge in [0, 0.05) is 57.2 Å². The second-order valence-corrected chi connectivity index (χ2v) is 12.6. The Morgan fingerprint density at radius 3 is 2.67 bits per heavy atom. The highest BCUT2D eigenvalue weighted by Gasteiger charge is 2.24. The topological polar surface area (TPSA) is 74.1 Å². The summed E-state index contributed by atoms with van der Waals surface area (Å²) in [7, 11) is 1.06. The van der Waals surface area contributed by atoms with Gasteiger partial charge in [0.15, 0.2) is 6.21 Å². The predicted molar refractivity (Wildman–Crippen MR) is 161 cm³/mol. The van der Waals surface area contributed by atoms with E-state index in [-0.39, 0.29) is 5.91 Å². The molecule has 216 valence electrons. The van der Waals surface area contributed by atoms with Gasteiger partial charge >= 0.3 is 7.60 Å². The molecule has 9 heteroatoms. The van der Waals surface area contributed by atoms with Gasteiger partial charge in [0.2, 0.25) is 5.91 Å². The SMILES string of the molecule is CCOP(=O)(CCC[N+]1=CC=C(C=Cc2ccc3c(c2)CCCN3CCC(=O)NCCN(C)C)CC1)OCC. The molecule has 39 heavy (non-hydrogen) atoms. The van der Waals surface area contributed by atoms with E-state index in [9.17, 15) is 9.36 Å². The third kappa shape index (κ3) is 10.7. The first-order valence-corrected chi connectivity index (χ1v) is 16.2. The number of anilines is 1. The van der Waals surface area contributed by atoms with E-state index in [1.807, 2.05) is 27.9 Å². The minimum atomic E-state index is -2.96. The first-order valence-electron chi connectivity index (χ1n) is 14.5. The lowest BCUT2D eigenvalue weighted by Gasteiger charge is -2.31. The Kier molecular flexibility index (Phi) is 12.9. The van der Waals surface area contributed by atoms with Crippen LogP contribution in [0.15, 0.2) is 35.9 Å². The van der Waals surface area contributed by atoms with Gasteiger partial charge in [-0.15, -0.1) is 0 Å². The van der Waals surface area contributed by atoms with Crippen LogP contribution in [0.4, 0.5) is 5.69 Å². The van der Waals surface area contributed by atoms with Gasteiger partial charge in [0.25, 0.3) is 0 Å². The summed E-state index contributed by atoms with van der Waals surface area (Å²) in [5.41, 5.74) is 5.14. The van der Waals surface area contributed by atoms with Gasteiger partial charge in [-0.05, 0) is 69.6 Å². The molecule has 0 radical (unpaired) electrons. The Morgan fingerprint density at radius 1 is 1.18 bits per heavy atom. The van der Waals surface area contributed by atoms with Crippen molar-refractivity contribution in [3.05, 3.63) is 47.1 Å². The normalized spacial score (nSPS) is 15.9. The van der Waals surface area contributed by atoms with Gasteiger partial charge in [0.1, 0.15) is 13.1 Å². The largest absolute Gasteiger partial charge is 0.371 e. The fourth-order valence-electron chi connectivity index (χ4n) is 4.96. The fraction of sp³-hybridized carbons (Fsp3) is 0.600. The minimum absolute atomic E-state index is 0.121. The monoisotopic (exact) mass is 559 g/mol. The van der Waals surface area contributed by atoms with E-state index in [1.165, 1.54) is 22.4 Å². The van der Waals surface area contributed by atoms with Crippen LogP contribution < -0.4 is 10.2 Å². The first-order chi connectivity index (χ1) is 18.8. The van der Waals surface area contributed by atoms with Crippen LogP contribution in [-0.2, 0) is 24.8 Å². The summed E-state index contributed by atoms with van der Waals surface area (Å²) in [5.74, 6) is 0.121. The number of aryl methyl sites for hydroxylation is 1. The van der Waals surface area contributed by atoms with E-state index < -0.39 is 7.60 Å². The third-order valence-electron chi connectivity index (χ3n) is 7.01. The Morgan fingerprint density at radius 2 is 1.97 bits per heavy atom. The van der Waals surface area contributed by atoms with Gasteiger partial charge in [-0.25, -0.2) is 4.58 Å². The van der Waals surface area contributed by atoms with Crippen LogP contribution in [-0.4, -0.2) is 94.3 Å². The van der Waals surface area contributed by atoms with Crippen LogP contribution in [0.1, 0.15) is 50.7 Å². The maximum atomic E-state index is 12.6. The number of nitrogens with zero attached hydrogens (tertiary/aromatic N) is 3. The lowest BCUT2D eigenvalue weighted by Crippen LogP contribution is -2.36. The van der Waals surface area contributed by atoms with Crippen molar-refractivity contribution < 1.29 is 23.0 Å². The number of benzene rings is 1. The van der Waals surface area contributed by atoms with Crippen LogP contribution >= 0.6 is 7.60 Å². The van der Waals surface area contributed by atoms with E-state index in [0.717, 1.165) is 58.4 Å². The van der Waals surface area contributed by atoms with Gasteiger partial charge < -0.3 is 24.2 Å². The summed E-state index contributed by atoms with van der Waals surface area (Å²) in [6.45, 7) is 9.61. The van der Waals surface area contributed by atoms with Crippen molar-refractivity contribution in [1.29, 1.82) is 0 Å². The number of hydrogen-bond donors (Lipinski definition) is 1. The molecule has 2 heterocycles. The zero-order valence-corrected chi connectivity index (χ0v) is 25.3. The zero-order chi connectivity index (χ0) is 28.1. The number of carbonyl (C=O) groups excluding carboxylic acids is 1. The lowest BCUT2D eigenvalue weighted by molar-refractivity contribution is -0.523. The van der Waals surface area contributed by atoms with E-state index in [4.69, 9.17) is 9.05 Å². The third-order valence-corrected chi connectivity index (χ3v) is 9.18. The summed E-state index contributed by atoms with van der Waals surface area (Å²) >= 11 is 0. The summed E-state index contributed by atoms with van der Waals surface area (Å²) in [6, 6.07) is 6.69. The van der Waals surface area contributed by atoms with Crippen molar-refractivity contribution >= 4 is 31.5 Å². The van der Waals surface area contributed by atoms with Crippen LogP contribution in [0.25, 0.3) is 6.08 Å². The molecule has 0 bridgehead atoms. The molecule has 8 nitrogen and oxygen atoms in total. The maximum Gasteiger partial charge on any atom is 0.330 e. The Bertz CT molecular complexity index is 1070. The molecule has 0 aliphatic carbocycles. The molecule has 0 aromatic heterocycles. The highest BCUT2D eigenvalue weighted by Crippen LogP contribution is 2.48. The number of amides is 1. The molecule has 1 amide bonds. The van der Waals surface area contributed by atoms with E-state index >= 15 is 0 Å². The van der Waals surface area contributed by atoms with Gasteiger partial charge in [-0.2, -0.15) is 0 Å². The first kappa shape index (κ1) is 31.3. The smallest absolute Gasteiger partial charge is 0.330 e. The molecule has 0 saturated carbocycles. The zero-order valence-electron chi connectivity index (χ0n) is 24.4. The predicted octanol–water partition coefficient (Wildman–Crippen LogP) is 4.59. The molecule has 0 saturated heterocycles. The van der Waals surface area contributed by atoms with Crippen LogP contribution in [0.5, 0.6) is 0 Å². The van der Waals surface area contributed by atoms with Crippen molar-refractivity contribution in [2.45, 2.75) is 46.0 Å².